The molecule has 146 valence electrons. The maximum atomic E-state index is 13.2. The first-order valence-electron chi connectivity index (χ1n) is 9.38. The largest absolute Gasteiger partial charge is 0.308 e. The molecule has 5 nitrogen and oxygen atoms in total. The molecule has 1 amide bonds. The topological polar surface area (TPSA) is 50.5 Å². The Morgan fingerprint density at radius 3 is 2.85 bits per heavy atom. The van der Waals surface area contributed by atoms with Crippen LogP contribution in [0.3, 0.4) is 0 Å². The molecule has 7 heteroatoms. The first kappa shape index (κ1) is 20.2. The number of halogens is 1. The van der Waals surface area contributed by atoms with Gasteiger partial charge in [-0.05, 0) is 63.7 Å². The van der Waals surface area contributed by atoms with Gasteiger partial charge in [-0.15, -0.1) is 0 Å². The molecule has 0 spiro atoms. The summed E-state index contributed by atoms with van der Waals surface area (Å²) >= 11 is 8.27. The second-order valence-corrected chi connectivity index (χ2v) is 9.08. The van der Waals surface area contributed by atoms with E-state index in [4.69, 9.17) is 11.6 Å². The second kappa shape index (κ2) is 8.65. The fraction of sp³-hybridized carbons (Fsp3) is 0.550. The van der Waals surface area contributed by atoms with Crippen molar-refractivity contribution < 1.29 is 4.79 Å². The Labute approximate surface area is 170 Å². The second-order valence-electron chi connectivity index (χ2n) is 7.45. The zero-order chi connectivity index (χ0) is 19.4. The summed E-state index contributed by atoms with van der Waals surface area (Å²) in [5, 5.41) is 4.78. The van der Waals surface area contributed by atoms with Crippen molar-refractivity contribution in [2.75, 3.05) is 17.7 Å². The van der Waals surface area contributed by atoms with Gasteiger partial charge in [-0.25, -0.2) is 4.68 Å². The number of hydrogen-bond acceptors (Lipinski definition) is 4. The summed E-state index contributed by atoms with van der Waals surface area (Å²) in [7, 11) is 0. The number of hydrogen-bond donors (Lipinski definition) is 0. The molecule has 0 saturated heterocycles. The SMILES string of the molecule is C=N/C=C\C=C(/C)n1cc(N(CC2CC2)C(=O)CC2(SC)CCC2)c(Cl)n1. The van der Waals surface area contributed by atoms with Gasteiger partial charge in [0.05, 0.1) is 6.20 Å². The van der Waals surface area contributed by atoms with E-state index in [1.807, 2.05) is 35.9 Å². The van der Waals surface area contributed by atoms with Crippen LogP contribution >= 0.6 is 23.4 Å². The highest BCUT2D eigenvalue weighted by Crippen LogP contribution is 2.46. The van der Waals surface area contributed by atoms with Crippen molar-refractivity contribution in [2.45, 2.75) is 50.2 Å². The number of rotatable bonds is 9. The molecular weight excluding hydrogens is 380 g/mol. The summed E-state index contributed by atoms with van der Waals surface area (Å²) in [5.74, 6) is 0.744. The molecule has 0 bridgehead atoms. The zero-order valence-corrected chi connectivity index (χ0v) is 17.6. The molecule has 2 aliphatic rings. The number of anilines is 1. The van der Waals surface area contributed by atoms with Gasteiger partial charge in [0, 0.05) is 29.6 Å². The standard InChI is InChI=1S/C20H27ClN4OS/c1-15(6-4-11-22-2)25-14-17(19(21)23-25)24(13-16-7-8-16)18(26)12-20(27-3)9-5-10-20/h4,6,11,14,16H,2,5,7-10,12-13H2,1,3H3/b11-4-,15-6+. The van der Waals surface area contributed by atoms with E-state index in [-0.39, 0.29) is 10.7 Å². The zero-order valence-electron chi connectivity index (χ0n) is 16.0. The average Bonchev–Trinajstić information content (AvgIpc) is 3.36. The average molecular weight is 407 g/mol. The molecule has 0 radical (unpaired) electrons. The van der Waals surface area contributed by atoms with Crippen molar-refractivity contribution in [2.24, 2.45) is 10.9 Å². The molecule has 0 aromatic carbocycles. The highest BCUT2D eigenvalue weighted by atomic mass is 35.5. The van der Waals surface area contributed by atoms with Crippen molar-refractivity contribution >= 4 is 47.4 Å². The van der Waals surface area contributed by atoms with Gasteiger partial charge < -0.3 is 4.90 Å². The lowest BCUT2D eigenvalue weighted by Gasteiger charge is -2.41. The lowest BCUT2D eigenvalue weighted by Crippen LogP contribution is -2.42. The van der Waals surface area contributed by atoms with Gasteiger partial charge in [0.15, 0.2) is 5.15 Å². The van der Waals surface area contributed by atoms with Crippen LogP contribution in [-0.2, 0) is 4.79 Å². The predicted molar refractivity (Wildman–Crippen MR) is 116 cm³/mol. The maximum Gasteiger partial charge on any atom is 0.228 e. The number of allylic oxidation sites excluding steroid dienone is 3. The number of carbonyl (C=O) groups is 1. The fourth-order valence-corrected chi connectivity index (χ4v) is 4.51. The van der Waals surface area contributed by atoms with E-state index in [1.165, 1.54) is 19.3 Å². The molecule has 2 saturated carbocycles. The molecule has 2 aliphatic carbocycles. The molecule has 1 aromatic heterocycles. The molecule has 0 unspecified atom stereocenters. The van der Waals surface area contributed by atoms with Gasteiger partial charge in [0.1, 0.15) is 5.69 Å². The first-order valence-corrected chi connectivity index (χ1v) is 11.0. The lowest BCUT2D eigenvalue weighted by molar-refractivity contribution is -0.119. The van der Waals surface area contributed by atoms with Gasteiger partial charge in [0.25, 0.3) is 0 Å². The van der Waals surface area contributed by atoms with Crippen molar-refractivity contribution in [1.82, 2.24) is 9.78 Å². The highest BCUT2D eigenvalue weighted by Gasteiger charge is 2.40. The van der Waals surface area contributed by atoms with E-state index in [2.05, 4.69) is 23.1 Å². The minimum atomic E-state index is 0.111. The maximum absolute atomic E-state index is 13.2. The van der Waals surface area contributed by atoms with E-state index in [0.29, 0.717) is 23.2 Å². The van der Waals surface area contributed by atoms with Gasteiger partial charge >= 0.3 is 0 Å². The van der Waals surface area contributed by atoms with E-state index in [9.17, 15) is 4.79 Å². The van der Waals surface area contributed by atoms with E-state index >= 15 is 0 Å². The predicted octanol–water partition coefficient (Wildman–Crippen LogP) is 5.03. The van der Waals surface area contributed by atoms with Crippen LogP contribution in [0.15, 0.2) is 29.5 Å². The summed E-state index contributed by atoms with van der Waals surface area (Å²) in [6.07, 6.45) is 15.7. The van der Waals surface area contributed by atoms with Crippen LogP contribution in [0.1, 0.15) is 45.4 Å². The van der Waals surface area contributed by atoms with Crippen molar-refractivity contribution in [3.63, 3.8) is 0 Å². The van der Waals surface area contributed by atoms with E-state index in [1.54, 1.807) is 17.0 Å². The Bertz CT molecular complexity index is 757. The monoisotopic (exact) mass is 406 g/mol. The lowest BCUT2D eigenvalue weighted by atomic mass is 9.81. The molecular formula is C20H27ClN4OS. The van der Waals surface area contributed by atoms with Crippen LogP contribution in [0, 0.1) is 5.92 Å². The van der Waals surface area contributed by atoms with Gasteiger partial charge in [-0.2, -0.15) is 16.9 Å². The van der Waals surface area contributed by atoms with Crippen molar-refractivity contribution in [3.05, 3.63) is 29.7 Å². The van der Waals surface area contributed by atoms with Gasteiger partial charge in [-0.1, -0.05) is 18.0 Å². The van der Waals surface area contributed by atoms with Crippen LogP contribution in [0.5, 0.6) is 0 Å². The summed E-state index contributed by atoms with van der Waals surface area (Å²) in [6, 6.07) is 0. The molecule has 1 aromatic rings. The Morgan fingerprint density at radius 1 is 1.56 bits per heavy atom. The normalized spacial score (nSPS) is 19.1. The molecule has 0 atom stereocenters. The summed E-state index contributed by atoms with van der Waals surface area (Å²) < 4.78 is 1.83. The highest BCUT2D eigenvalue weighted by molar-refractivity contribution is 8.00. The quantitative estimate of drug-likeness (QED) is 0.426. The van der Waals surface area contributed by atoms with Gasteiger partial charge in [0.2, 0.25) is 5.91 Å². The smallest absolute Gasteiger partial charge is 0.228 e. The number of aromatic nitrogens is 2. The van der Waals surface area contributed by atoms with Crippen molar-refractivity contribution in [1.29, 1.82) is 0 Å². The Morgan fingerprint density at radius 2 is 2.30 bits per heavy atom. The Balaban J connectivity index is 1.82. The molecule has 27 heavy (non-hydrogen) atoms. The van der Waals surface area contributed by atoms with E-state index in [0.717, 1.165) is 25.1 Å². The van der Waals surface area contributed by atoms with Gasteiger partial charge in [-0.3, -0.25) is 9.79 Å². The van der Waals surface area contributed by atoms with Crippen LogP contribution in [0.4, 0.5) is 5.69 Å². The number of amides is 1. The Hall–Kier alpha value is -1.53. The fourth-order valence-electron chi connectivity index (χ4n) is 3.31. The minimum Gasteiger partial charge on any atom is -0.308 e. The third kappa shape index (κ3) is 4.85. The molecule has 0 N–H and O–H groups in total. The molecule has 3 rings (SSSR count). The molecule has 0 aliphatic heterocycles. The third-order valence-corrected chi connectivity index (χ3v) is 7.13. The number of nitrogens with zero attached hydrogens (tertiary/aromatic N) is 4. The number of thioether (sulfide) groups is 1. The van der Waals surface area contributed by atoms with E-state index < -0.39 is 0 Å². The molecule has 2 fully saturated rings. The summed E-state index contributed by atoms with van der Waals surface area (Å²) in [6.45, 7) is 6.09. The summed E-state index contributed by atoms with van der Waals surface area (Å²) in [4.78, 5) is 18.7. The molecule has 1 heterocycles. The Kier molecular flexibility index (Phi) is 6.48. The van der Waals surface area contributed by atoms with Crippen LogP contribution < -0.4 is 4.90 Å². The van der Waals surface area contributed by atoms with Crippen LogP contribution in [0.25, 0.3) is 5.70 Å². The summed E-state index contributed by atoms with van der Waals surface area (Å²) in [5.41, 5.74) is 1.60. The van der Waals surface area contributed by atoms with Crippen molar-refractivity contribution in [3.8, 4) is 0 Å². The number of carbonyl (C=O) groups excluding carboxylic acids is 1. The number of aliphatic imine (C=N–C) groups is 1. The minimum absolute atomic E-state index is 0.111. The third-order valence-electron chi connectivity index (χ3n) is 5.44. The van der Waals surface area contributed by atoms with Crippen LogP contribution in [-0.4, -0.2) is 40.0 Å². The first-order chi connectivity index (χ1) is 13.0. The van der Waals surface area contributed by atoms with Crippen LogP contribution in [0.2, 0.25) is 5.15 Å².